The quantitative estimate of drug-likeness (QED) is 0.353. The Bertz CT molecular complexity index is 59.7. The summed E-state index contributed by atoms with van der Waals surface area (Å²) in [4.78, 5) is 0. The van der Waals surface area contributed by atoms with Crippen molar-refractivity contribution in [3.8, 4) is 0 Å². The first-order chi connectivity index (χ1) is 3.56. The Morgan fingerprint density at radius 3 is 1.78 bits per heavy atom. The molecule has 0 nitrogen and oxygen atoms in total. The summed E-state index contributed by atoms with van der Waals surface area (Å²) in [5, 5.41) is 0. The molecule has 0 N–H and O–H groups in total. The summed E-state index contributed by atoms with van der Waals surface area (Å²) in [7, 11) is 0. The Labute approximate surface area is 65.0 Å². The van der Waals surface area contributed by atoms with Gasteiger partial charge in [-0.25, -0.2) is 0 Å². The van der Waals surface area contributed by atoms with E-state index in [0.717, 1.165) is 0 Å². The van der Waals surface area contributed by atoms with Crippen molar-refractivity contribution in [2.75, 3.05) is 0 Å². The van der Waals surface area contributed by atoms with Crippen molar-refractivity contribution in [1.82, 2.24) is 0 Å². The maximum atomic E-state index is 11.2. The molecule has 0 spiro atoms. The molecule has 0 unspecified atom stereocenters. The van der Waals surface area contributed by atoms with E-state index < -0.39 is 12.6 Å². The summed E-state index contributed by atoms with van der Waals surface area (Å²) in [6, 6.07) is 0. The number of hydrogen-bond donors (Lipinski definition) is 0. The van der Waals surface area contributed by atoms with Crippen LogP contribution < -0.4 is 18.9 Å². The topological polar surface area (TPSA) is 0 Å². The third-order valence-corrected chi connectivity index (χ3v) is 0.710. The SMILES string of the molecule is [CH2-]CCCC(F)(F)F.[Li+]. The van der Waals surface area contributed by atoms with E-state index in [2.05, 4.69) is 6.92 Å². The zero-order valence-corrected chi connectivity index (χ0v) is 5.46. The maximum absolute atomic E-state index is 11.2. The molecule has 9 heavy (non-hydrogen) atoms. The Kier molecular flexibility index (Phi) is 6.98. The molecule has 0 atom stereocenters. The number of rotatable bonds is 2. The number of hydrogen-bond acceptors (Lipinski definition) is 0. The summed E-state index contributed by atoms with van der Waals surface area (Å²) in [5.74, 6) is 0. The Hall–Kier alpha value is 0.387. The summed E-state index contributed by atoms with van der Waals surface area (Å²) in [5.41, 5.74) is 0. The second-order valence-corrected chi connectivity index (χ2v) is 1.57. The van der Waals surface area contributed by atoms with Crippen molar-refractivity contribution in [2.24, 2.45) is 0 Å². The van der Waals surface area contributed by atoms with Crippen molar-refractivity contribution in [3.63, 3.8) is 0 Å². The van der Waals surface area contributed by atoms with Gasteiger partial charge in [-0.3, -0.25) is 0 Å². The molecule has 0 rings (SSSR count). The van der Waals surface area contributed by atoms with Gasteiger partial charge in [0.1, 0.15) is 0 Å². The molecule has 0 aromatic heterocycles. The number of halogens is 3. The first-order valence-electron chi connectivity index (χ1n) is 2.42. The first-order valence-corrected chi connectivity index (χ1v) is 2.42. The predicted molar refractivity (Wildman–Crippen MR) is 25.3 cm³/mol. The van der Waals surface area contributed by atoms with E-state index >= 15 is 0 Å². The summed E-state index contributed by atoms with van der Waals surface area (Å²) < 4.78 is 33.6. The molecular weight excluding hydrogens is 124 g/mol. The summed E-state index contributed by atoms with van der Waals surface area (Å²) in [6.45, 7) is 3.29. The monoisotopic (exact) mass is 132 g/mol. The second-order valence-electron chi connectivity index (χ2n) is 1.57. The number of unbranched alkanes of at least 4 members (excludes halogenated alkanes) is 1. The second kappa shape index (κ2) is 5.19. The molecule has 0 radical (unpaired) electrons. The third-order valence-electron chi connectivity index (χ3n) is 0.710. The van der Waals surface area contributed by atoms with Gasteiger partial charge >= 0.3 is 25.0 Å². The van der Waals surface area contributed by atoms with E-state index in [0.29, 0.717) is 6.42 Å². The Balaban J connectivity index is 0. The minimum absolute atomic E-state index is 0. The fourth-order valence-corrected chi connectivity index (χ4v) is 0.325. The van der Waals surface area contributed by atoms with E-state index in [9.17, 15) is 13.2 Å². The molecule has 0 aromatic rings. The van der Waals surface area contributed by atoms with Crippen LogP contribution in [-0.2, 0) is 0 Å². The van der Waals surface area contributed by atoms with Gasteiger partial charge in [0.05, 0.1) is 0 Å². The van der Waals surface area contributed by atoms with Crippen LogP contribution in [0.4, 0.5) is 13.2 Å². The van der Waals surface area contributed by atoms with E-state index in [4.69, 9.17) is 0 Å². The van der Waals surface area contributed by atoms with Crippen LogP contribution in [0.25, 0.3) is 0 Å². The largest absolute Gasteiger partial charge is 1.00 e. The molecule has 0 saturated heterocycles. The van der Waals surface area contributed by atoms with E-state index in [1.165, 1.54) is 0 Å². The van der Waals surface area contributed by atoms with Crippen LogP contribution in [0.1, 0.15) is 19.3 Å². The predicted octanol–water partition coefficient (Wildman–Crippen LogP) is -0.443. The maximum Gasteiger partial charge on any atom is 1.00 e. The molecule has 0 aliphatic rings. The van der Waals surface area contributed by atoms with Crippen LogP contribution >= 0.6 is 0 Å². The molecule has 50 valence electrons. The van der Waals surface area contributed by atoms with Gasteiger partial charge in [-0.15, -0.1) is 0 Å². The molecule has 0 aromatic carbocycles. The van der Waals surface area contributed by atoms with Crippen LogP contribution in [0.2, 0.25) is 0 Å². The van der Waals surface area contributed by atoms with Crippen molar-refractivity contribution < 1.29 is 32.0 Å². The van der Waals surface area contributed by atoms with Gasteiger partial charge in [-0.1, -0.05) is 6.42 Å². The first kappa shape index (κ1) is 12.1. The zero-order valence-electron chi connectivity index (χ0n) is 5.46. The van der Waals surface area contributed by atoms with Crippen molar-refractivity contribution in [3.05, 3.63) is 6.92 Å². The van der Waals surface area contributed by atoms with Gasteiger partial charge in [0.25, 0.3) is 0 Å². The molecular formula is C5H8F3Li. The van der Waals surface area contributed by atoms with Crippen LogP contribution in [0.15, 0.2) is 0 Å². The summed E-state index contributed by atoms with van der Waals surface area (Å²) >= 11 is 0. The molecule has 0 bridgehead atoms. The van der Waals surface area contributed by atoms with Crippen molar-refractivity contribution in [2.45, 2.75) is 25.4 Å². The van der Waals surface area contributed by atoms with Crippen molar-refractivity contribution in [1.29, 1.82) is 0 Å². The van der Waals surface area contributed by atoms with E-state index in [-0.39, 0.29) is 25.3 Å². The molecule has 0 amide bonds. The molecule has 0 aliphatic carbocycles. The number of alkyl halides is 3. The Morgan fingerprint density at radius 2 is 1.67 bits per heavy atom. The van der Waals surface area contributed by atoms with Crippen LogP contribution in [0, 0.1) is 6.92 Å². The standard InChI is InChI=1S/C5H8F3.Li/c1-2-3-4-5(6,7)8;/h1-4H2;/q-1;+1. The molecule has 0 saturated carbocycles. The average Bonchev–Trinajstić information content (AvgIpc) is 1.59. The normalized spacial score (nSPS) is 10.7. The van der Waals surface area contributed by atoms with Gasteiger partial charge in [0.2, 0.25) is 0 Å². The third kappa shape index (κ3) is 11.8. The van der Waals surface area contributed by atoms with E-state index in [1.54, 1.807) is 0 Å². The smallest absolute Gasteiger partial charge is 0.343 e. The van der Waals surface area contributed by atoms with Crippen LogP contribution in [-0.4, -0.2) is 6.18 Å². The van der Waals surface area contributed by atoms with Crippen LogP contribution in [0.3, 0.4) is 0 Å². The molecule has 0 fully saturated rings. The molecule has 0 aliphatic heterocycles. The van der Waals surface area contributed by atoms with Gasteiger partial charge in [0, 0.05) is 6.42 Å². The average molecular weight is 132 g/mol. The van der Waals surface area contributed by atoms with Gasteiger partial charge in [0.15, 0.2) is 0 Å². The van der Waals surface area contributed by atoms with Gasteiger partial charge < -0.3 is 6.92 Å². The van der Waals surface area contributed by atoms with Crippen LogP contribution in [0.5, 0.6) is 0 Å². The minimum Gasteiger partial charge on any atom is -0.343 e. The molecule has 0 heterocycles. The van der Waals surface area contributed by atoms with Gasteiger partial charge in [-0.05, 0) is 0 Å². The summed E-state index contributed by atoms with van der Waals surface area (Å²) in [6.07, 6.45) is -4.18. The van der Waals surface area contributed by atoms with Crippen molar-refractivity contribution >= 4 is 0 Å². The minimum atomic E-state index is -3.99. The zero-order chi connectivity index (χ0) is 6.62. The molecule has 4 heteroatoms. The fraction of sp³-hybridized carbons (Fsp3) is 0.800. The van der Waals surface area contributed by atoms with E-state index in [1.807, 2.05) is 0 Å². The fourth-order valence-electron chi connectivity index (χ4n) is 0.325. The Morgan fingerprint density at radius 1 is 1.22 bits per heavy atom. The van der Waals surface area contributed by atoms with Gasteiger partial charge in [-0.2, -0.15) is 19.6 Å².